The second kappa shape index (κ2) is 7.83. The Labute approximate surface area is 122 Å². The quantitative estimate of drug-likeness (QED) is 0.611. The van der Waals surface area contributed by atoms with Crippen molar-refractivity contribution < 1.29 is 4.79 Å². The molecule has 0 radical (unpaired) electrons. The molecule has 1 aromatic carbocycles. The summed E-state index contributed by atoms with van der Waals surface area (Å²) in [6.45, 7) is 8.71. The van der Waals surface area contributed by atoms with Crippen LogP contribution in [0.4, 0.5) is 0 Å². The van der Waals surface area contributed by atoms with Gasteiger partial charge in [-0.2, -0.15) is 0 Å². The first-order valence-electron chi connectivity index (χ1n) is 7.32. The van der Waals surface area contributed by atoms with Crippen molar-refractivity contribution in [1.82, 2.24) is 0 Å². The molecule has 3 nitrogen and oxygen atoms in total. The molecule has 2 N–H and O–H groups in total. The molecule has 0 fully saturated rings. The first-order chi connectivity index (χ1) is 9.40. The van der Waals surface area contributed by atoms with Gasteiger partial charge in [-0.25, -0.2) is 0 Å². The molecular formula is C17H26N2O. The van der Waals surface area contributed by atoms with Crippen LogP contribution in [0.1, 0.15) is 57.6 Å². The van der Waals surface area contributed by atoms with Gasteiger partial charge in [0, 0.05) is 12.0 Å². The molecule has 20 heavy (non-hydrogen) atoms. The van der Waals surface area contributed by atoms with Crippen LogP contribution in [0, 0.1) is 5.92 Å². The number of ketones is 1. The Kier molecular flexibility index (Phi) is 6.43. The summed E-state index contributed by atoms with van der Waals surface area (Å²) in [6, 6.07) is 8.05. The predicted octanol–water partition coefficient (Wildman–Crippen LogP) is 3.52. The SMILES string of the molecule is CC(C)CCC(=O)CN=C(N)c1ccc(C(C)C)cc1. The van der Waals surface area contributed by atoms with Gasteiger partial charge in [0.1, 0.15) is 5.84 Å². The van der Waals surface area contributed by atoms with Crippen LogP contribution in [0.5, 0.6) is 0 Å². The van der Waals surface area contributed by atoms with E-state index in [1.165, 1.54) is 5.56 Å². The van der Waals surface area contributed by atoms with Crippen LogP contribution in [-0.4, -0.2) is 18.2 Å². The lowest BCUT2D eigenvalue weighted by Gasteiger charge is -2.07. The van der Waals surface area contributed by atoms with Crippen molar-refractivity contribution in [2.45, 2.75) is 46.5 Å². The molecule has 1 rings (SSSR count). The van der Waals surface area contributed by atoms with Crippen molar-refractivity contribution in [2.24, 2.45) is 16.6 Å². The summed E-state index contributed by atoms with van der Waals surface area (Å²) in [7, 11) is 0. The molecule has 0 aliphatic carbocycles. The van der Waals surface area contributed by atoms with E-state index in [4.69, 9.17) is 5.73 Å². The summed E-state index contributed by atoms with van der Waals surface area (Å²) in [5.41, 5.74) is 8.08. The number of nitrogens with two attached hydrogens (primary N) is 1. The fourth-order valence-corrected chi connectivity index (χ4v) is 1.83. The number of carbonyl (C=O) groups is 1. The summed E-state index contributed by atoms with van der Waals surface area (Å²) < 4.78 is 0. The number of hydrogen-bond acceptors (Lipinski definition) is 2. The van der Waals surface area contributed by atoms with Gasteiger partial charge in [0.2, 0.25) is 0 Å². The van der Waals surface area contributed by atoms with E-state index in [1.807, 2.05) is 12.1 Å². The van der Waals surface area contributed by atoms with Crippen molar-refractivity contribution in [3.05, 3.63) is 35.4 Å². The molecule has 0 atom stereocenters. The van der Waals surface area contributed by atoms with Gasteiger partial charge in [-0.3, -0.25) is 9.79 Å². The van der Waals surface area contributed by atoms with Crippen LogP contribution >= 0.6 is 0 Å². The lowest BCUT2D eigenvalue weighted by molar-refractivity contribution is -0.117. The minimum absolute atomic E-state index is 0.153. The first kappa shape index (κ1) is 16.4. The molecule has 0 aliphatic heterocycles. The molecule has 1 aromatic rings. The number of rotatable bonds is 7. The Hall–Kier alpha value is -1.64. The lowest BCUT2D eigenvalue weighted by atomic mass is 10.0. The molecule has 0 heterocycles. The molecule has 0 saturated heterocycles. The zero-order valence-corrected chi connectivity index (χ0v) is 13.0. The molecule has 0 saturated carbocycles. The normalized spacial score (nSPS) is 12.2. The third-order valence-corrected chi connectivity index (χ3v) is 3.30. The van der Waals surface area contributed by atoms with E-state index in [-0.39, 0.29) is 12.3 Å². The highest BCUT2D eigenvalue weighted by Gasteiger charge is 2.05. The van der Waals surface area contributed by atoms with Gasteiger partial charge in [0.05, 0.1) is 6.54 Å². The van der Waals surface area contributed by atoms with E-state index in [1.54, 1.807) is 0 Å². The smallest absolute Gasteiger partial charge is 0.154 e. The maximum absolute atomic E-state index is 11.7. The average Bonchev–Trinajstić information content (AvgIpc) is 2.42. The minimum atomic E-state index is 0.153. The second-order valence-electron chi connectivity index (χ2n) is 5.95. The van der Waals surface area contributed by atoms with Gasteiger partial charge >= 0.3 is 0 Å². The van der Waals surface area contributed by atoms with Crippen LogP contribution in [0.15, 0.2) is 29.3 Å². The topological polar surface area (TPSA) is 55.5 Å². The summed E-state index contributed by atoms with van der Waals surface area (Å²) in [5, 5.41) is 0. The van der Waals surface area contributed by atoms with Crippen LogP contribution < -0.4 is 5.73 Å². The number of amidine groups is 1. The van der Waals surface area contributed by atoms with Crippen molar-refractivity contribution in [3.63, 3.8) is 0 Å². The van der Waals surface area contributed by atoms with Crippen molar-refractivity contribution in [2.75, 3.05) is 6.54 Å². The fourth-order valence-electron chi connectivity index (χ4n) is 1.83. The Morgan fingerprint density at radius 2 is 1.75 bits per heavy atom. The lowest BCUT2D eigenvalue weighted by Crippen LogP contribution is -2.16. The summed E-state index contributed by atoms with van der Waals surface area (Å²) >= 11 is 0. The fraction of sp³-hybridized carbons (Fsp3) is 0.529. The number of carbonyl (C=O) groups excluding carboxylic acids is 1. The number of nitrogens with zero attached hydrogens (tertiary/aromatic N) is 1. The zero-order chi connectivity index (χ0) is 15.1. The number of hydrogen-bond donors (Lipinski definition) is 1. The summed E-state index contributed by atoms with van der Waals surface area (Å²) in [4.78, 5) is 15.9. The molecule has 0 bridgehead atoms. The van der Waals surface area contributed by atoms with E-state index in [0.29, 0.717) is 24.1 Å². The third kappa shape index (κ3) is 5.55. The van der Waals surface area contributed by atoms with Gasteiger partial charge in [0.25, 0.3) is 0 Å². The molecule has 0 aliphatic rings. The minimum Gasteiger partial charge on any atom is -0.383 e. The number of Topliss-reactive ketones (excluding diaryl/α,β-unsaturated/α-hetero) is 1. The van der Waals surface area contributed by atoms with E-state index in [0.717, 1.165) is 12.0 Å². The van der Waals surface area contributed by atoms with Crippen LogP contribution in [0.3, 0.4) is 0 Å². The van der Waals surface area contributed by atoms with E-state index < -0.39 is 0 Å². The van der Waals surface area contributed by atoms with Gasteiger partial charge in [-0.05, 0) is 23.8 Å². The predicted molar refractivity (Wildman–Crippen MR) is 85.2 cm³/mol. The molecule has 3 heteroatoms. The molecule has 0 aromatic heterocycles. The van der Waals surface area contributed by atoms with Crippen molar-refractivity contribution >= 4 is 11.6 Å². The van der Waals surface area contributed by atoms with Crippen LogP contribution in [0.2, 0.25) is 0 Å². The molecule has 0 amide bonds. The van der Waals surface area contributed by atoms with Crippen LogP contribution in [0.25, 0.3) is 0 Å². The van der Waals surface area contributed by atoms with Crippen molar-refractivity contribution in [1.29, 1.82) is 0 Å². The summed E-state index contributed by atoms with van der Waals surface area (Å²) in [5.74, 6) is 1.64. The maximum Gasteiger partial charge on any atom is 0.154 e. The van der Waals surface area contributed by atoms with Crippen molar-refractivity contribution in [3.8, 4) is 0 Å². The molecule has 0 unspecified atom stereocenters. The Morgan fingerprint density at radius 3 is 2.25 bits per heavy atom. The molecular weight excluding hydrogens is 248 g/mol. The Bertz CT molecular complexity index is 458. The number of aliphatic imine (C=N–C) groups is 1. The van der Waals surface area contributed by atoms with E-state index in [9.17, 15) is 4.79 Å². The van der Waals surface area contributed by atoms with Gasteiger partial charge < -0.3 is 5.73 Å². The maximum atomic E-state index is 11.7. The monoisotopic (exact) mass is 274 g/mol. The Morgan fingerprint density at radius 1 is 1.15 bits per heavy atom. The highest BCUT2D eigenvalue weighted by molar-refractivity contribution is 5.98. The van der Waals surface area contributed by atoms with Crippen LogP contribution in [-0.2, 0) is 4.79 Å². The second-order valence-corrected chi connectivity index (χ2v) is 5.95. The van der Waals surface area contributed by atoms with Gasteiger partial charge in [-0.1, -0.05) is 52.0 Å². The highest BCUT2D eigenvalue weighted by atomic mass is 16.1. The largest absolute Gasteiger partial charge is 0.383 e. The third-order valence-electron chi connectivity index (χ3n) is 3.30. The van der Waals surface area contributed by atoms with Gasteiger partial charge in [-0.15, -0.1) is 0 Å². The average molecular weight is 274 g/mol. The molecule has 0 spiro atoms. The highest BCUT2D eigenvalue weighted by Crippen LogP contribution is 2.14. The molecule has 110 valence electrons. The van der Waals surface area contributed by atoms with Gasteiger partial charge in [0.15, 0.2) is 5.78 Å². The standard InChI is InChI=1S/C17H26N2O/c1-12(2)5-10-16(20)11-19-17(18)15-8-6-14(7-9-15)13(3)4/h6-9,12-13H,5,10-11H2,1-4H3,(H2,18,19). The first-order valence-corrected chi connectivity index (χ1v) is 7.32. The summed E-state index contributed by atoms with van der Waals surface area (Å²) in [6.07, 6.45) is 1.50. The Balaban J connectivity index is 2.58. The van der Waals surface area contributed by atoms with E-state index >= 15 is 0 Å². The zero-order valence-electron chi connectivity index (χ0n) is 13.0. The van der Waals surface area contributed by atoms with E-state index in [2.05, 4.69) is 44.8 Å². The number of benzene rings is 1.